The van der Waals surface area contributed by atoms with Gasteiger partial charge >= 0.3 is 0 Å². The van der Waals surface area contributed by atoms with Crippen molar-refractivity contribution in [3.05, 3.63) is 47.5 Å². The van der Waals surface area contributed by atoms with Gasteiger partial charge in [0.2, 0.25) is 0 Å². The lowest BCUT2D eigenvalue weighted by Gasteiger charge is -2.34. The lowest BCUT2D eigenvalue weighted by Crippen LogP contribution is -2.35. The zero-order chi connectivity index (χ0) is 17.1. The second-order valence-electron chi connectivity index (χ2n) is 6.68. The van der Waals surface area contributed by atoms with Gasteiger partial charge in [-0.1, -0.05) is 30.3 Å². The molecule has 2 aromatic rings. The summed E-state index contributed by atoms with van der Waals surface area (Å²) in [5, 5.41) is 3.53. The molecule has 2 heterocycles. The zero-order valence-corrected chi connectivity index (χ0v) is 14.9. The summed E-state index contributed by atoms with van der Waals surface area (Å²) < 4.78 is 11.5. The van der Waals surface area contributed by atoms with Gasteiger partial charge < -0.3 is 19.7 Å². The summed E-state index contributed by atoms with van der Waals surface area (Å²) in [5.41, 5.74) is 6.67. The molecule has 0 spiro atoms. The van der Waals surface area contributed by atoms with Gasteiger partial charge in [-0.3, -0.25) is 0 Å². The van der Waals surface area contributed by atoms with Crippen molar-refractivity contribution in [1.29, 1.82) is 0 Å². The van der Waals surface area contributed by atoms with E-state index in [2.05, 4.69) is 46.6 Å². The highest BCUT2D eigenvalue weighted by atomic mass is 16.5. The fourth-order valence-electron chi connectivity index (χ4n) is 3.92. The number of methoxy groups -OCH3 is 1. The van der Waals surface area contributed by atoms with Crippen LogP contribution in [-0.4, -0.2) is 46.5 Å². The largest absolute Gasteiger partial charge is 0.489 e. The molecule has 132 valence electrons. The quantitative estimate of drug-likeness (QED) is 0.929. The SMILES string of the molecule is COCCN1CCOc2c1cc1c(c2-c2ccccc2)CCNCC1. The van der Waals surface area contributed by atoms with Crippen molar-refractivity contribution in [2.24, 2.45) is 0 Å². The van der Waals surface area contributed by atoms with E-state index in [1.54, 1.807) is 7.11 Å². The number of nitrogens with zero attached hydrogens (tertiary/aromatic N) is 1. The summed E-state index contributed by atoms with van der Waals surface area (Å²) in [7, 11) is 1.76. The average Bonchev–Trinajstić information content (AvgIpc) is 2.90. The molecule has 4 heteroatoms. The van der Waals surface area contributed by atoms with Crippen LogP contribution in [0.15, 0.2) is 36.4 Å². The summed E-state index contributed by atoms with van der Waals surface area (Å²) >= 11 is 0. The topological polar surface area (TPSA) is 33.7 Å². The van der Waals surface area contributed by atoms with Crippen molar-refractivity contribution in [2.75, 3.05) is 51.4 Å². The molecule has 0 amide bonds. The van der Waals surface area contributed by atoms with Gasteiger partial charge in [-0.2, -0.15) is 0 Å². The van der Waals surface area contributed by atoms with Crippen LogP contribution in [-0.2, 0) is 17.6 Å². The molecule has 2 aliphatic heterocycles. The van der Waals surface area contributed by atoms with E-state index in [1.807, 2.05) is 0 Å². The molecule has 4 nitrogen and oxygen atoms in total. The Labute approximate surface area is 149 Å². The minimum atomic E-state index is 0.730. The Morgan fingerprint density at radius 2 is 2.00 bits per heavy atom. The van der Waals surface area contributed by atoms with Crippen LogP contribution < -0.4 is 15.0 Å². The molecule has 0 bridgehead atoms. The van der Waals surface area contributed by atoms with Crippen LogP contribution in [0, 0.1) is 0 Å². The molecule has 0 fully saturated rings. The lowest BCUT2D eigenvalue weighted by molar-refractivity contribution is 0.201. The van der Waals surface area contributed by atoms with E-state index in [1.165, 1.54) is 27.9 Å². The molecular weight excluding hydrogens is 312 g/mol. The van der Waals surface area contributed by atoms with E-state index in [0.29, 0.717) is 0 Å². The Balaban J connectivity index is 1.88. The molecular formula is C21H26N2O2. The molecule has 0 saturated carbocycles. The molecule has 0 aromatic heterocycles. The fourth-order valence-corrected chi connectivity index (χ4v) is 3.92. The highest BCUT2D eigenvalue weighted by Gasteiger charge is 2.26. The molecule has 0 radical (unpaired) electrons. The molecule has 4 rings (SSSR count). The Morgan fingerprint density at radius 3 is 2.84 bits per heavy atom. The predicted octanol–water partition coefficient (Wildman–Crippen LogP) is 2.89. The van der Waals surface area contributed by atoms with E-state index in [9.17, 15) is 0 Å². The fraction of sp³-hybridized carbons (Fsp3) is 0.429. The van der Waals surface area contributed by atoms with E-state index >= 15 is 0 Å². The van der Waals surface area contributed by atoms with Crippen LogP contribution in [0.4, 0.5) is 5.69 Å². The Bertz CT molecular complexity index is 730. The molecule has 2 aliphatic rings. The van der Waals surface area contributed by atoms with Crippen molar-refractivity contribution < 1.29 is 9.47 Å². The number of ether oxygens (including phenoxy) is 2. The molecule has 0 unspecified atom stereocenters. The number of nitrogens with one attached hydrogen (secondary N) is 1. The van der Waals surface area contributed by atoms with Gasteiger partial charge in [0.15, 0.2) is 5.75 Å². The van der Waals surface area contributed by atoms with Crippen molar-refractivity contribution in [3.8, 4) is 16.9 Å². The van der Waals surface area contributed by atoms with Gasteiger partial charge in [-0.25, -0.2) is 0 Å². The Kier molecular flexibility index (Phi) is 4.90. The third kappa shape index (κ3) is 3.24. The first-order valence-corrected chi connectivity index (χ1v) is 9.20. The minimum Gasteiger partial charge on any atom is -0.489 e. The average molecular weight is 338 g/mol. The molecule has 0 saturated heterocycles. The number of hydrogen-bond donors (Lipinski definition) is 1. The summed E-state index contributed by atoms with van der Waals surface area (Å²) in [4.78, 5) is 2.41. The van der Waals surface area contributed by atoms with Crippen molar-refractivity contribution in [2.45, 2.75) is 12.8 Å². The van der Waals surface area contributed by atoms with Crippen LogP contribution in [0.3, 0.4) is 0 Å². The van der Waals surface area contributed by atoms with Gasteiger partial charge in [-0.05, 0) is 48.7 Å². The standard InChI is InChI=1S/C21H26N2O2/c1-24-13-11-23-12-14-25-21-19(23)15-17-7-9-22-10-8-18(17)20(21)16-5-3-2-4-6-16/h2-6,15,22H,7-14H2,1H3. The van der Waals surface area contributed by atoms with Crippen LogP contribution in [0.25, 0.3) is 11.1 Å². The van der Waals surface area contributed by atoms with Gasteiger partial charge in [0.05, 0.1) is 18.8 Å². The second-order valence-corrected chi connectivity index (χ2v) is 6.68. The highest BCUT2D eigenvalue weighted by Crippen LogP contribution is 2.45. The van der Waals surface area contributed by atoms with Crippen molar-refractivity contribution in [3.63, 3.8) is 0 Å². The van der Waals surface area contributed by atoms with Crippen LogP contribution in [0.5, 0.6) is 5.75 Å². The molecule has 0 atom stereocenters. The summed E-state index contributed by atoms with van der Waals surface area (Å²) in [5.74, 6) is 1.05. The van der Waals surface area contributed by atoms with Gasteiger partial charge in [0, 0.05) is 19.2 Å². The zero-order valence-electron chi connectivity index (χ0n) is 14.9. The first-order valence-electron chi connectivity index (χ1n) is 9.20. The van der Waals surface area contributed by atoms with Crippen molar-refractivity contribution in [1.82, 2.24) is 5.32 Å². The summed E-state index contributed by atoms with van der Waals surface area (Å²) in [6, 6.07) is 13.1. The van der Waals surface area contributed by atoms with E-state index in [-0.39, 0.29) is 0 Å². The molecule has 0 aliphatic carbocycles. The normalized spacial score (nSPS) is 16.6. The number of rotatable bonds is 4. The molecule has 25 heavy (non-hydrogen) atoms. The monoisotopic (exact) mass is 338 g/mol. The van der Waals surface area contributed by atoms with Crippen LogP contribution >= 0.6 is 0 Å². The predicted molar refractivity (Wildman–Crippen MR) is 102 cm³/mol. The second kappa shape index (κ2) is 7.46. The first kappa shape index (κ1) is 16.4. The van der Waals surface area contributed by atoms with Crippen LogP contribution in [0.2, 0.25) is 0 Å². The smallest absolute Gasteiger partial charge is 0.150 e. The maximum Gasteiger partial charge on any atom is 0.150 e. The van der Waals surface area contributed by atoms with Crippen molar-refractivity contribution >= 4 is 5.69 Å². The maximum atomic E-state index is 6.22. The van der Waals surface area contributed by atoms with E-state index < -0.39 is 0 Å². The van der Waals surface area contributed by atoms with E-state index in [0.717, 1.165) is 58.0 Å². The first-order chi connectivity index (χ1) is 12.4. The Morgan fingerprint density at radius 1 is 1.16 bits per heavy atom. The third-order valence-electron chi connectivity index (χ3n) is 5.16. The minimum absolute atomic E-state index is 0.730. The molecule has 1 N–H and O–H groups in total. The molecule has 2 aromatic carbocycles. The van der Waals surface area contributed by atoms with Gasteiger partial charge in [-0.15, -0.1) is 0 Å². The lowest BCUT2D eigenvalue weighted by atomic mass is 9.90. The number of anilines is 1. The highest BCUT2D eigenvalue weighted by molar-refractivity contribution is 5.83. The number of benzene rings is 2. The van der Waals surface area contributed by atoms with Gasteiger partial charge in [0.1, 0.15) is 6.61 Å². The summed E-state index contributed by atoms with van der Waals surface area (Å²) in [6.07, 6.45) is 2.12. The number of hydrogen-bond acceptors (Lipinski definition) is 4. The third-order valence-corrected chi connectivity index (χ3v) is 5.16. The Hall–Kier alpha value is -2.04. The maximum absolute atomic E-state index is 6.22. The number of fused-ring (bicyclic) bond motifs is 2. The summed E-state index contributed by atoms with van der Waals surface area (Å²) in [6.45, 7) is 5.35. The van der Waals surface area contributed by atoms with Crippen LogP contribution in [0.1, 0.15) is 11.1 Å². The van der Waals surface area contributed by atoms with Gasteiger partial charge in [0.25, 0.3) is 0 Å². The van der Waals surface area contributed by atoms with E-state index in [4.69, 9.17) is 9.47 Å².